The maximum absolute atomic E-state index is 12.2. The van der Waals surface area contributed by atoms with E-state index in [0.717, 1.165) is 5.56 Å². The molecular weight excluding hydrogens is 283 g/mol. The molecule has 0 aliphatic carbocycles. The highest BCUT2D eigenvalue weighted by Crippen LogP contribution is 2.39. The summed E-state index contributed by atoms with van der Waals surface area (Å²) in [7, 11) is 0. The molecule has 1 atom stereocenters. The molecule has 1 aromatic rings. The van der Waals surface area contributed by atoms with Gasteiger partial charge in [-0.1, -0.05) is 11.6 Å². The van der Waals surface area contributed by atoms with Crippen molar-refractivity contribution in [3.05, 3.63) is 22.7 Å². The van der Waals surface area contributed by atoms with Gasteiger partial charge in [0, 0.05) is 12.6 Å². The van der Waals surface area contributed by atoms with Gasteiger partial charge >= 0.3 is 6.18 Å². The molecule has 0 saturated heterocycles. The van der Waals surface area contributed by atoms with Gasteiger partial charge in [-0.3, -0.25) is 0 Å². The van der Waals surface area contributed by atoms with Crippen molar-refractivity contribution in [2.75, 3.05) is 6.79 Å². The summed E-state index contributed by atoms with van der Waals surface area (Å²) in [6.07, 6.45) is -5.04. The zero-order chi connectivity index (χ0) is 14.0. The Bertz CT molecular complexity index is 465. The van der Waals surface area contributed by atoms with Gasteiger partial charge in [0.1, 0.15) is 0 Å². The van der Waals surface area contributed by atoms with Gasteiger partial charge in [0.05, 0.1) is 11.4 Å². The Morgan fingerprint density at radius 3 is 2.79 bits per heavy atom. The first kappa shape index (κ1) is 14.3. The lowest BCUT2D eigenvalue weighted by Crippen LogP contribution is -2.30. The van der Waals surface area contributed by atoms with Crippen LogP contribution in [0, 0.1) is 0 Å². The lowest BCUT2D eigenvalue weighted by Gasteiger charge is -2.16. The Morgan fingerprint density at radius 2 is 2.11 bits per heavy atom. The van der Waals surface area contributed by atoms with E-state index < -0.39 is 18.6 Å². The van der Waals surface area contributed by atoms with Gasteiger partial charge in [-0.15, -0.1) is 0 Å². The number of rotatable bonds is 4. The molecule has 2 rings (SSSR count). The van der Waals surface area contributed by atoms with Gasteiger partial charge < -0.3 is 14.8 Å². The molecule has 0 fully saturated rings. The highest BCUT2D eigenvalue weighted by molar-refractivity contribution is 6.32. The summed E-state index contributed by atoms with van der Waals surface area (Å²) in [5, 5.41) is 3.20. The van der Waals surface area contributed by atoms with Crippen LogP contribution in [0.1, 0.15) is 18.9 Å². The van der Waals surface area contributed by atoms with Crippen molar-refractivity contribution in [3.63, 3.8) is 0 Å². The van der Waals surface area contributed by atoms with Gasteiger partial charge in [0.15, 0.2) is 11.5 Å². The minimum atomic E-state index is -4.17. The molecule has 7 heteroatoms. The fourth-order valence-electron chi connectivity index (χ4n) is 1.83. The molecule has 106 valence electrons. The molecule has 0 aromatic heterocycles. The Labute approximate surface area is 113 Å². The molecule has 1 aliphatic heterocycles. The van der Waals surface area contributed by atoms with E-state index in [1.807, 2.05) is 0 Å². The largest absolute Gasteiger partial charge is 0.454 e. The lowest BCUT2D eigenvalue weighted by atomic mass is 10.1. The maximum Gasteiger partial charge on any atom is 0.390 e. The van der Waals surface area contributed by atoms with Crippen LogP contribution >= 0.6 is 11.6 Å². The number of halogens is 4. The van der Waals surface area contributed by atoms with Gasteiger partial charge in [0.2, 0.25) is 6.79 Å². The van der Waals surface area contributed by atoms with Crippen LogP contribution < -0.4 is 14.8 Å². The molecule has 1 unspecified atom stereocenters. The van der Waals surface area contributed by atoms with Gasteiger partial charge in [-0.2, -0.15) is 13.2 Å². The monoisotopic (exact) mass is 295 g/mol. The van der Waals surface area contributed by atoms with E-state index in [-0.39, 0.29) is 13.3 Å². The lowest BCUT2D eigenvalue weighted by molar-refractivity contribution is -0.139. The summed E-state index contributed by atoms with van der Waals surface area (Å²) in [5.74, 6) is 1.00. The van der Waals surface area contributed by atoms with E-state index in [2.05, 4.69) is 5.32 Å². The van der Waals surface area contributed by atoms with E-state index >= 15 is 0 Å². The van der Waals surface area contributed by atoms with E-state index in [1.165, 1.54) is 6.92 Å². The van der Waals surface area contributed by atoms with E-state index in [4.69, 9.17) is 21.1 Å². The maximum atomic E-state index is 12.2. The molecule has 1 N–H and O–H groups in total. The number of ether oxygens (including phenoxy) is 2. The second-order valence-corrected chi connectivity index (χ2v) is 4.82. The summed E-state index contributed by atoms with van der Waals surface area (Å²) in [6, 6.07) is 2.70. The van der Waals surface area contributed by atoms with Crippen molar-refractivity contribution in [3.8, 4) is 11.5 Å². The third-order valence-corrected chi connectivity index (χ3v) is 2.96. The van der Waals surface area contributed by atoms with Crippen LogP contribution in [0.25, 0.3) is 0 Å². The van der Waals surface area contributed by atoms with Crippen LogP contribution in [0.2, 0.25) is 5.02 Å². The van der Waals surface area contributed by atoms with Crippen LogP contribution in [0.3, 0.4) is 0 Å². The smallest absolute Gasteiger partial charge is 0.390 e. The number of nitrogens with one attached hydrogen (secondary N) is 1. The van der Waals surface area contributed by atoms with Crippen molar-refractivity contribution in [2.45, 2.75) is 32.1 Å². The SMILES string of the molecule is CC(CC(F)(F)F)NCc1cc(Cl)c2c(c1)OCO2. The fourth-order valence-corrected chi connectivity index (χ4v) is 2.12. The molecule has 1 aromatic carbocycles. The molecule has 19 heavy (non-hydrogen) atoms. The molecular formula is C12H13ClF3NO2. The van der Waals surface area contributed by atoms with Gasteiger partial charge in [-0.25, -0.2) is 0 Å². The van der Waals surface area contributed by atoms with E-state index in [0.29, 0.717) is 16.5 Å². The zero-order valence-corrected chi connectivity index (χ0v) is 10.9. The van der Waals surface area contributed by atoms with Crippen LogP contribution in [0.4, 0.5) is 13.2 Å². The summed E-state index contributed by atoms with van der Waals surface area (Å²) >= 11 is 5.98. The van der Waals surface area contributed by atoms with E-state index in [9.17, 15) is 13.2 Å². The predicted octanol–water partition coefficient (Wildman–Crippen LogP) is 3.50. The minimum absolute atomic E-state index is 0.108. The molecule has 1 aliphatic rings. The third kappa shape index (κ3) is 3.91. The Balaban J connectivity index is 1.95. The van der Waals surface area contributed by atoms with Crippen LogP contribution in [0.5, 0.6) is 11.5 Å². The second-order valence-electron chi connectivity index (χ2n) is 4.41. The first-order valence-corrected chi connectivity index (χ1v) is 6.11. The average Bonchev–Trinajstić information content (AvgIpc) is 2.72. The second kappa shape index (κ2) is 5.46. The summed E-state index contributed by atoms with van der Waals surface area (Å²) in [4.78, 5) is 0. The van der Waals surface area contributed by atoms with Crippen molar-refractivity contribution in [2.24, 2.45) is 0 Å². The van der Waals surface area contributed by atoms with Crippen LogP contribution in [0.15, 0.2) is 12.1 Å². The Morgan fingerprint density at radius 1 is 1.37 bits per heavy atom. The summed E-state index contributed by atoms with van der Waals surface area (Å²) < 4.78 is 46.9. The fraction of sp³-hybridized carbons (Fsp3) is 0.500. The predicted molar refractivity (Wildman–Crippen MR) is 64.5 cm³/mol. The Kier molecular flexibility index (Phi) is 4.10. The number of alkyl halides is 3. The quantitative estimate of drug-likeness (QED) is 0.922. The number of benzene rings is 1. The first-order valence-electron chi connectivity index (χ1n) is 5.73. The number of hydrogen-bond donors (Lipinski definition) is 1. The van der Waals surface area contributed by atoms with Gasteiger partial charge in [-0.05, 0) is 24.6 Å². The molecule has 1 heterocycles. The topological polar surface area (TPSA) is 30.5 Å². The number of hydrogen-bond acceptors (Lipinski definition) is 3. The average molecular weight is 296 g/mol. The molecule has 0 amide bonds. The zero-order valence-electron chi connectivity index (χ0n) is 10.2. The van der Waals surface area contributed by atoms with Crippen LogP contribution in [-0.4, -0.2) is 19.0 Å². The number of fused-ring (bicyclic) bond motifs is 1. The Hall–Kier alpha value is -1.14. The van der Waals surface area contributed by atoms with E-state index in [1.54, 1.807) is 12.1 Å². The standard InChI is InChI=1S/C12H13ClF3NO2/c1-7(4-12(14,15)16)17-5-8-2-9(13)11-10(3-8)18-6-19-11/h2-3,7,17H,4-6H2,1H3. The van der Waals surface area contributed by atoms with Crippen LogP contribution in [-0.2, 0) is 6.54 Å². The highest BCUT2D eigenvalue weighted by Gasteiger charge is 2.29. The highest BCUT2D eigenvalue weighted by atomic mass is 35.5. The van der Waals surface area contributed by atoms with Crippen molar-refractivity contribution < 1.29 is 22.6 Å². The molecule has 0 spiro atoms. The molecule has 3 nitrogen and oxygen atoms in total. The molecule has 0 bridgehead atoms. The minimum Gasteiger partial charge on any atom is -0.454 e. The molecule has 0 radical (unpaired) electrons. The summed E-state index contributed by atoms with van der Waals surface area (Å²) in [6.45, 7) is 1.88. The summed E-state index contributed by atoms with van der Waals surface area (Å²) in [5.41, 5.74) is 0.753. The normalized spacial score (nSPS) is 15.6. The third-order valence-electron chi connectivity index (χ3n) is 2.68. The van der Waals surface area contributed by atoms with Gasteiger partial charge in [0.25, 0.3) is 0 Å². The van der Waals surface area contributed by atoms with Crippen molar-refractivity contribution in [1.29, 1.82) is 0 Å². The first-order chi connectivity index (χ1) is 8.85. The van der Waals surface area contributed by atoms with Crippen molar-refractivity contribution in [1.82, 2.24) is 5.32 Å². The van der Waals surface area contributed by atoms with Crippen molar-refractivity contribution >= 4 is 11.6 Å². The molecule has 0 saturated carbocycles.